The third kappa shape index (κ3) is 6.46. The van der Waals surface area contributed by atoms with Crippen LogP contribution in [0.2, 0.25) is 0 Å². The highest BCUT2D eigenvalue weighted by molar-refractivity contribution is 5.85. The van der Waals surface area contributed by atoms with Crippen molar-refractivity contribution in [1.82, 2.24) is 10.6 Å². The minimum atomic E-state index is -0.376. The van der Waals surface area contributed by atoms with Crippen molar-refractivity contribution in [2.75, 3.05) is 13.1 Å². The smallest absolute Gasteiger partial charge is 0.239 e. The predicted molar refractivity (Wildman–Crippen MR) is 54.5 cm³/mol. The molecular formula is C9H16N4O2. The molecule has 4 N–H and O–H groups in total. The second kappa shape index (κ2) is 7.76. The highest BCUT2D eigenvalue weighted by atomic mass is 16.2. The maximum Gasteiger partial charge on any atom is 0.239 e. The Hall–Kier alpha value is -1.61. The molecule has 1 unspecified atom stereocenters. The van der Waals surface area contributed by atoms with Crippen LogP contribution in [0.15, 0.2) is 0 Å². The van der Waals surface area contributed by atoms with Crippen LogP contribution in [0.3, 0.4) is 0 Å². The van der Waals surface area contributed by atoms with Gasteiger partial charge >= 0.3 is 0 Å². The largest absolute Gasteiger partial charge is 0.351 e. The summed E-state index contributed by atoms with van der Waals surface area (Å²) in [6, 6.07) is 1.82. The van der Waals surface area contributed by atoms with Crippen molar-refractivity contribution in [3.63, 3.8) is 0 Å². The number of carbonyl (C=O) groups is 2. The quantitative estimate of drug-likeness (QED) is 0.517. The van der Waals surface area contributed by atoms with Gasteiger partial charge in [-0.1, -0.05) is 6.92 Å². The molecule has 0 saturated carbocycles. The van der Waals surface area contributed by atoms with Crippen LogP contribution in [0.25, 0.3) is 0 Å². The van der Waals surface area contributed by atoms with Crippen molar-refractivity contribution in [2.24, 2.45) is 5.73 Å². The van der Waals surface area contributed by atoms with Gasteiger partial charge < -0.3 is 16.4 Å². The molecule has 0 spiro atoms. The monoisotopic (exact) mass is 212 g/mol. The number of amides is 2. The van der Waals surface area contributed by atoms with Gasteiger partial charge in [-0.05, 0) is 6.42 Å². The summed E-state index contributed by atoms with van der Waals surface area (Å²) in [6.07, 6.45) is 0.956. The molecule has 15 heavy (non-hydrogen) atoms. The molecule has 0 fully saturated rings. The lowest BCUT2D eigenvalue weighted by atomic mass is 10.2. The van der Waals surface area contributed by atoms with Gasteiger partial charge in [0.25, 0.3) is 0 Å². The Kier molecular flexibility index (Phi) is 6.93. The standard InChI is InChI=1S/C9H16N4O2/c1-2-7(3-4-10)13-9(15)6-12-8(14)5-11/h7H,2-3,5-6,11H2,1H3,(H,12,14)(H,13,15). The maximum absolute atomic E-state index is 11.2. The van der Waals surface area contributed by atoms with Crippen molar-refractivity contribution in [3.05, 3.63) is 0 Å². The summed E-state index contributed by atoms with van der Waals surface area (Å²) in [5.74, 6) is -0.683. The van der Waals surface area contributed by atoms with E-state index in [9.17, 15) is 9.59 Å². The summed E-state index contributed by atoms with van der Waals surface area (Å²) in [7, 11) is 0. The van der Waals surface area contributed by atoms with Gasteiger partial charge in [-0.2, -0.15) is 5.26 Å². The van der Waals surface area contributed by atoms with Crippen LogP contribution in [0.5, 0.6) is 0 Å². The number of rotatable bonds is 6. The Morgan fingerprint density at radius 2 is 2.13 bits per heavy atom. The molecule has 0 aromatic rings. The lowest BCUT2D eigenvalue weighted by Crippen LogP contribution is -2.43. The molecule has 0 saturated heterocycles. The third-order valence-corrected chi connectivity index (χ3v) is 1.83. The minimum Gasteiger partial charge on any atom is -0.351 e. The van der Waals surface area contributed by atoms with Gasteiger partial charge in [0.2, 0.25) is 11.8 Å². The van der Waals surface area contributed by atoms with Gasteiger partial charge in [0.1, 0.15) is 0 Å². The molecule has 0 aromatic heterocycles. The van der Waals surface area contributed by atoms with E-state index in [2.05, 4.69) is 10.6 Å². The SMILES string of the molecule is CCC(CC#N)NC(=O)CNC(=O)CN. The number of nitrogens with zero attached hydrogens (tertiary/aromatic N) is 1. The summed E-state index contributed by atoms with van der Waals surface area (Å²) < 4.78 is 0. The number of carbonyl (C=O) groups excluding carboxylic acids is 2. The summed E-state index contributed by atoms with van der Waals surface area (Å²) in [5.41, 5.74) is 5.05. The van der Waals surface area contributed by atoms with Crippen LogP contribution in [0, 0.1) is 11.3 Å². The van der Waals surface area contributed by atoms with E-state index in [4.69, 9.17) is 11.0 Å². The van der Waals surface area contributed by atoms with Crippen LogP contribution in [-0.4, -0.2) is 30.9 Å². The summed E-state index contributed by atoms with van der Waals surface area (Å²) in [4.78, 5) is 22.0. The van der Waals surface area contributed by atoms with Crippen molar-refractivity contribution in [1.29, 1.82) is 5.26 Å². The van der Waals surface area contributed by atoms with Crippen LogP contribution < -0.4 is 16.4 Å². The molecule has 6 nitrogen and oxygen atoms in total. The molecule has 6 heteroatoms. The normalized spacial score (nSPS) is 11.3. The lowest BCUT2D eigenvalue weighted by Gasteiger charge is -2.13. The highest BCUT2D eigenvalue weighted by Crippen LogP contribution is 1.94. The molecule has 0 aliphatic heterocycles. The van der Waals surface area contributed by atoms with E-state index in [0.717, 1.165) is 0 Å². The average molecular weight is 212 g/mol. The zero-order chi connectivity index (χ0) is 11.7. The van der Waals surface area contributed by atoms with E-state index < -0.39 is 0 Å². The molecule has 0 bridgehead atoms. The molecule has 0 aliphatic rings. The highest BCUT2D eigenvalue weighted by Gasteiger charge is 2.10. The van der Waals surface area contributed by atoms with E-state index in [-0.39, 0.29) is 37.4 Å². The van der Waals surface area contributed by atoms with Gasteiger partial charge in [0, 0.05) is 6.04 Å². The number of nitrogens with two attached hydrogens (primary N) is 1. The topological polar surface area (TPSA) is 108 Å². The summed E-state index contributed by atoms with van der Waals surface area (Å²) >= 11 is 0. The Labute approximate surface area is 88.8 Å². The lowest BCUT2D eigenvalue weighted by molar-refractivity contribution is -0.125. The van der Waals surface area contributed by atoms with Gasteiger partial charge in [-0.25, -0.2) is 0 Å². The molecule has 0 heterocycles. The molecule has 1 atom stereocenters. The fraction of sp³-hybridized carbons (Fsp3) is 0.667. The number of nitrogens with one attached hydrogen (secondary N) is 2. The van der Waals surface area contributed by atoms with Gasteiger partial charge in [0.15, 0.2) is 0 Å². The van der Waals surface area contributed by atoms with Crippen LogP contribution in [0.4, 0.5) is 0 Å². The first kappa shape index (κ1) is 13.4. The molecule has 2 amide bonds. The Bertz CT molecular complexity index is 259. The van der Waals surface area contributed by atoms with Crippen LogP contribution in [0.1, 0.15) is 19.8 Å². The second-order valence-corrected chi connectivity index (χ2v) is 3.02. The van der Waals surface area contributed by atoms with Crippen molar-refractivity contribution in [3.8, 4) is 6.07 Å². The molecule has 0 rings (SSSR count). The van der Waals surface area contributed by atoms with Crippen LogP contribution >= 0.6 is 0 Å². The average Bonchev–Trinajstić information content (AvgIpc) is 2.25. The van der Waals surface area contributed by atoms with Gasteiger partial charge in [0.05, 0.1) is 25.6 Å². The second-order valence-electron chi connectivity index (χ2n) is 3.02. The van der Waals surface area contributed by atoms with E-state index in [1.165, 1.54) is 0 Å². The number of nitriles is 1. The first-order valence-corrected chi connectivity index (χ1v) is 4.77. The Morgan fingerprint density at radius 3 is 2.60 bits per heavy atom. The molecule has 0 radical (unpaired) electrons. The van der Waals surface area contributed by atoms with E-state index >= 15 is 0 Å². The summed E-state index contributed by atoms with van der Waals surface area (Å²) in [6.45, 7) is 1.64. The zero-order valence-corrected chi connectivity index (χ0v) is 8.75. The molecule has 0 aliphatic carbocycles. The Balaban J connectivity index is 3.81. The van der Waals surface area contributed by atoms with Crippen molar-refractivity contribution >= 4 is 11.8 Å². The first-order valence-electron chi connectivity index (χ1n) is 4.77. The van der Waals surface area contributed by atoms with Crippen LogP contribution in [-0.2, 0) is 9.59 Å². The maximum atomic E-state index is 11.2. The van der Waals surface area contributed by atoms with E-state index in [1.54, 1.807) is 0 Å². The predicted octanol–water partition coefficient (Wildman–Crippen LogP) is -1.13. The van der Waals surface area contributed by atoms with Crippen molar-refractivity contribution < 1.29 is 9.59 Å². The van der Waals surface area contributed by atoms with Gasteiger partial charge in [-0.3, -0.25) is 9.59 Å². The van der Waals surface area contributed by atoms with E-state index in [1.807, 2.05) is 13.0 Å². The zero-order valence-electron chi connectivity index (χ0n) is 8.75. The summed E-state index contributed by atoms with van der Waals surface area (Å²) in [5, 5.41) is 13.4. The fourth-order valence-electron chi connectivity index (χ4n) is 0.937. The molecular weight excluding hydrogens is 196 g/mol. The number of hydrogen-bond acceptors (Lipinski definition) is 4. The number of hydrogen-bond donors (Lipinski definition) is 3. The Morgan fingerprint density at radius 1 is 1.47 bits per heavy atom. The molecule has 0 aromatic carbocycles. The van der Waals surface area contributed by atoms with Gasteiger partial charge in [-0.15, -0.1) is 0 Å². The third-order valence-electron chi connectivity index (χ3n) is 1.83. The van der Waals surface area contributed by atoms with E-state index in [0.29, 0.717) is 6.42 Å². The fourth-order valence-corrected chi connectivity index (χ4v) is 0.937. The van der Waals surface area contributed by atoms with Crippen molar-refractivity contribution in [2.45, 2.75) is 25.8 Å². The first-order chi connectivity index (χ1) is 7.13. The minimum absolute atomic E-state index is 0.0992. The molecule has 84 valence electrons.